The summed E-state index contributed by atoms with van der Waals surface area (Å²) in [5, 5.41) is 8.85. The third-order valence-corrected chi connectivity index (χ3v) is 4.61. The molecule has 0 aliphatic carbocycles. The van der Waals surface area contributed by atoms with Gasteiger partial charge in [0.15, 0.2) is 0 Å². The summed E-state index contributed by atoms with van der Waals surface area (Å²) in [5.41, 5.74) is 0.106. The summed E-state index contributed by atoms with van der Waals surface area (Å²) in [6.07, 6.45) is 0.476. The molecule has 122 valence electrons. The van der Waals surface area contributed by atoms with Crippen LogP contribution in [0, 0.1) is 0 Å². The van der Waals surface area contributed by atoms with Crippen molar-refractivity contribution in [3.05, 3.63) is 29.8 Å². The maximum atomic E-state index is 12.5. The lowest BCUT2D eigenvalue weighted by atomic mass is 10.2. The Morgan fingerprint density at radius 1 is 1.27 bits per heavy atom. The predicted molar refractivity (Wildman–Crippen MR) is 79.1 cm³/mol. The van der Waals surface area contributed by atoms with E-state index in [0.29, 0.717) is 6.42 Å². The lowest BCUT2D eigenvalue weighted by Gasteiger charge is -2.19. The minimum absolute atomic E-state index is 0.0816. The second kappa shape index (κ2) is 7.90. The van der Waals surface area contributed by atoms with Crippen LogP contribution >= 0.6 is 0 Å². The number of carboxylic acids is 1. The minimum atomic E-state index is -3.98. The highest BCUT2D eigenvalue weighted by Gasteiger charge is 2.26. The summed E-state index contributed by atoms with van der Waals surface area (Å²) in [6.45, 7) is 3.03. The van der Waals surface area contributed by atoms with Crippen LogP contribution < -0.4 is 0 Å². The van der Waals surface area contributed by atoms with E-state index in [0.717, 1.165) is 4.31 Å². The van der Waals surface area contributed by atoms with E-state index in [2.05, 4.69) is 0 Å². The molecule has 0 saturated carbocycles. The van der Waals surface area contributed by atoms with Crippen molar-refractivity contribution in [2.75, 3.05) is 19.7 Å². The fourth-order valence-electron chi connectivity index (χ4n) is 1.83. The van der Waals surface area contributed by atoms with E-state index in [9.17, 15) is 18.0 Å². The molecular weight excluding hydrogens is 310 g/mol. The number of sulfonamides is 1. The van der Waals surface area contributed by atoms with Gasteiger partial charge in [-0.05, 0) is 31.5 Å². The van der Waals surface area contributed by atoms with Gasteiger partial charge >= 0.3 is 11.9 Å². The van der Waals surface area contributed by atoms with Crippen LogP contribution in [0.25, 0.3) is 0 Å². The van der Waals surface area contributed by atoms with Gasteiger partial charge in [0.25, 0.3) is 0 Å². The SMILES string of the molecule is CCCN(CC(=O)O)S(=O)(=O)c1cccc(C(=O)OCC)c1. The molecule has 1 N–H and O–H groups in total. The van der Waals surface area contributed by atoms with Gasteiger partial charge in [-0.15, -0.1) is 0 Å². The molecule has 0 aromatic heterocycles. The topological polar surface area (TPSA) is 101 Å². The Bertz CT molecular complexity index is 640. The number of rotatable bonds is 8. The molecule has 8 heteroatoms. The smallest absolute Gasteiger partial charge is 0.338 e. The van der Waals surface area contributed by atoms with Crippen molar-refractivity contribution in [3.63, 3.8) is 0 Å². The Kier molecular flexibility index (Phi) is 6.51. The first-order chi connectivity index (χ1) is 10.3. The fourth-order valence-corrected chi connectivity index (χ4v) is 3.36. The highest BCUT2D eigenvalue weighted by Crippen LogP contribution is 2.18. The van der Waals surface area contributed by atoms with E-state index < -0.39 is 28.5 Å². The molecular formula is C14H19NO6S. The van der Waals surface area contributed by atoms with Crippen molar-refractivity contribution in [2.45, 2.75) is 25.2 Å². The number of carbonyl (C=O) groups excluding carboxylic acids is 1. The minimum Gasteiger partial charge on any atom is -0.480 e. The van der Waals surface area contributed by atoms with E-state index >= 15 is 0 Å². The summed E-state index contributed by atoms with van der Waals surface area (Å²) in [5.74, 6) is -1.86. The summed E-state index contributed by atoms with van der Waals surface area (Å²) in [6, 6.07) is 5.38. The van der Waals surface area contributed by atoms with Gasteiger partial charge in [0.05, 0.1) is 17.1 Å². The Morgan fingerprint density at radius 2 is 1.95 bits per heavy atom. The zero-order valence-corrected chi connectivity index (χ0v) is 13.3. The molecule has 0 bridgehead atoms. The van der Waals surface area contributed by atoms with Gasteiger partial charge in [0.2, 0.25) is 10.0 Å². The molecule has 0 saturated heterocycles. The van der Waals surface area contributed by atoms with Gasteiger partial charge in [0, 0.05) is 6.54 Å². The van der Waals surface area contributed by atoms with E-state index in [1.807, 2.05) is 0 Å². The van der Waals surface area contributed by atoms with Gasteiger partial charge in [0.1, 0.15) is 6.54 Å². The standard InChI is InChI=1S/C14H19NO6S/c1-3-8-15(10-13(16)17)22(19,20)12-7-5-6-11(9-12)14(18)21-4-2/h5-7,9H,3-4,8,10H2,1-2H3,(H,16,17). The number of esters is 1. The molecule has 0 amide bonds. The molecule has 1 rings (SSSR count). The van der Waals surface area contributed by atoms with Crippen LogP contribution in [0.2, 0.25) is 0 Å². The number of ether oxygens (including phenoxy) is 1. The first-order valence-corrected chi connectivity index (χ1v) is 8.26. The zero-order valence-electron chi connectivity index (χ0n) is 12.5. The van der Waals surface area contributed by atoms with E-state index in [1.165, 1.54) is 24.3 Å². The number of hydrogen-bond acceptors (Lipinski definition) is 5. The number of aliphatic carboxylic acids is 1. The number of carboxylic acid groups (broad SMARTS) is 1. The van der Waals surface area contributed by atoms with E-state index in [4.69, 9.17) is 9.84 Å². The highest BCUT2D eigenvalue weighted by atomic mass is 32.2. The Labute approximate surface area is 129 Å². The van der Waals surface area contributed by atoms with Gasteiger partial charge in [-0.1, -0.05) is 13.0 Å². The molecule has 0 fully saturated rings. The van der Waals surface area contributed by atoms with Crippen molar-refractivity contribution in [2.24, 2.45) is 0 Å². The van der Waals surface area contributed by atoms with Gasteiger partial charge in [-0.2, -0.15) is 4.31 Å². The second-order valence-corrected chi connectivity index (χ2v) is 6.42. The van der Waals surface area contributed by atoms with Gasteiger partial charge < -0.3 is 9.84 Å². The third kappa shape index (κ3) is 4.54. The molecule has 0 spiro atoms. The molecule has 1 aromatic carbocycles. The van der Waals surface area contributed by atoms with Crippen LogP contribution in [0.1, 0.15) is 30.6 Å². The summed E-state index contributed by atoms with van der Waals surface area (Å²) < 4.78 is 30.7. The van der Waals surface area contributed by atoms with Gasteiger partial charge in [-0.3, -0.25) is 4.79 Å². The monoisotopic (exact) mass is 329 g/mol. The van der Waals surface area contributed by atoms with Gasteiger partial charge in [-0.25, -0.2) is 13.2 Å². The average molecular weight is 329 g/mol. The molecule has 0 aliphatic heterocycles. The third-order valence-electron chi connectivity index (χ3n) is 2.77. The van der Waals surface area contributed by atoms with Crippen LogP contribution in [-0.4, -0.2) is 49.5 Å². The molecule has 7 nitrogen and oxygen atoms in total. The van der Waals surface area contributed by atoms with Crippen molar-refractivity contribution in [3.8, 4) is 0 Å². The Hall–Kier alpha value is -1.93. The molecule has 0 aliphatic rings. The van der Waals surface area contributed by atoms with Crippen molar-refractivity contribution in [1.82, 2.24) is 4.31 Å². The predicted octanol–water partition coefficient (Wildman–Crippen LogP) is 1.35. The number of benzene rings is 1. The number of nitrogens with zero attached hydrogens (tertiary/aromatic N) is 1. The Balaban J connectivity index is 3.17. The molecule has 1 aromatic rings. The second-order valence-electron chi connectivity index (χ2n) is 4.48. The Morgan fingerprint density at radius 3 is 2.50 bits per heavy atom. The van der Waals surface area contributed by atoms with Crippen molar-refractivity contribution in [1.29, 1.82) is 0 Å². The van der Waals surface area contributed by atoms with Crippen LogP contribution in [0.5, 0.6) is 0 Å². The van der Waals surface area contributed by atoms with Crippen molar-refractivity contribution >= 4 is 22.0 Å². The van der Waals surface area contributed by atoms with Crippen LogP contribution in [0.15, 0.2) is 29.2 Å². The maximum absolute atomic E-state index is 12.5. The lowest BCUT2D eigenvalue weighted by molar-refractivity contribution is -0.137. The summed E-state index contributed by atoms with van der Waals surface area (Å²) in [4.78, 5) is 22.4. The lowest BCUT2D eigenvalue weighted by Crippen LogP contribution is -2.36. The fraction of sp³-hybridized carbons (Fsp3) is 0.429. The van der Waals surface area contributed by atoms with Crippen LogP contribution in [0.3, 0.4) is 0 Å². The number of hydrogen-bond donors (Lipinski definition) is 1. The molecule has 22 heavy (non-hydrogen) atoms. The van der Waals surface area contributed by atoms with Crippen molar-refractivity contribution < 1.29 is 27.9 Å². The van der Waals surface area contributed by atoms with E-state index in [-0.39, 0.29) is 23.6 Å². The first-order valence-electron chi connectivity index (χ1n) is 6.82. The van der Waals surface area contributed by atoms with Crippen LogP contribution in [0.4, 0.5) is 0 Å². The first kappa shape index (κ1) is 18.1. The molecule has 0 radical (unpaired) electrons. The summed E-state index contributed by atoms with van der Waals surface area (Å²) >= 11 is 0. The number of carbonyl (C=O) groups is 2. The van der Waals surface area contributed by atoms with Crippen LogP contribution in [-0.2, 0) is 19.6 Å². The quantitative estimate of drug-likeness (QED) is 0.722. The average Bonchev–Trinajstić information content (AvgIpc) is 2.47. The molecule has 0 heterocycles. The molecule has 0 unspecified atom stereocenters. The summed E-state index contributed by atoms with van der Waals surface area (Å²) in [7, 11) is -3.98. The van der Waals surface area contributed by atoms with E-state index in [1.54, 1.807) is 13.8 Å². The zero-order chi connectivity index (χ0) is 16.8. The normalized spacial score (nSPS) is 11.4. The highest BCUT2D eigenvalue weighted by molar-refractivity contribution is 7.89. The maximum Gasteiger partial charge on any atom is 0.338 e. The largest absolute Gasteiger partial charge is 0.480 e. The molecule has 0 atom stereocenters.